The molecule has 9 nitrogen and oxygen atoms in total. The van der Waals surface area contributed by atoms with Crippen LogP contribution in [0.4, 0.5) is 23.8 Å². The lowest BCUT2D eigenvalue weighted by molar-refractivity contribution is -0.137. The van der Waals surface area contributed by atoms with Crippen LogP contribution in [0.15, 0.2) is 47.0 Å². The summed E-state index contributed by atoms with van der Waals surface area (Å²) in [5.74, 6) is 0.102. The van der Waals surface area contributed by atoms with E-state index in [1.54, 1.807) is 11.0 Å². The molecular formula is C28H25F3N4O5S2. The Morgan fingerprint density at radius 3 is 2.67 bits per heavy atom. The highest BCUT2D eigenvalue weighted by molar-refractivity contribution is 8.23. The zero-order valence-electron chi connectivity index (χ0n) is 22.6. The van der Waals surface area contributed by atoms with Crippen molar-refractivity contribution < 1.29 is 36.8 Å². The predicted molar refractivity (Wildman–Crippen MR) is 155 cm³/mol. The Morgan fingerprint density at radius 2 is 2.00 bits per heavy atom. The maximum absolute atomic E-state index is 13.2. The maximum atomic E-state index is 13.2. The Bertz CT molecular complexity index is 1600. The molecule has 2 aromatic carbocycles. The number of thioether (sulfide) groups is 1. The SMILES string of the molecule is Cc1cc(COC(=O)N(C)c2noc3ccc(C4=CCN(C(=O)CN5C(=O)CSC5=S)CC4)cc23)cc(C(F)(F)F)c1. The summed E-state index contributed by atoms with van der Waals surface area (Å²) in [7, 11) is 1.43. The minimum absolute atomic E-state index is 0.0698. The molecule has 3 aromatic rings. The number of aromatic nitrogens is 1. The molecule has 0 radical (unpaired) electrons. The standard InChI is InChI=1S/C28H25F3N4O5S2/c1-16-9-17(11-20(10-16)28(29,30)31)14-39-26(38)33(2)25-21-12-19(3-4-22(21)40-32-25)18-5-7-34(8-6-18)23(36)13-35-24(37)15-42-27(35)41/h3-5,9-12H,6-8,13-15H2,1-2H3. The van der Waals surface area contributed by atoms with Gasteiger partial charge in [0.2, 0.25) is 11.8 Å². The number of hydrogen-bond donors (Lipinski definition) is 0. The van der Waals surface area contributed by atoms with E-state index < -0.39 is 17.8 Å². The summed E-state index contributed by atoms with van der Waals surface area (Å²) in [6.45, 7) is 1.94. The van der Waals surface area contributed by atoms with Gasteiger partial charge in [-0.3, -0.25) is 19.4 Å². The number of hydrogen-bond acceptors (Lipinski definition) is 8. The Balaban J connectivity index is 1.25. The number of carbonyl (C=O) groups is 3. The Hall–Kier alpha value is -3.91. The van der Waals surface area contributed by atoms with E-state index in [0.717, 1.165) is 28.2 Å². The molecule has 2 aliphatic rings. The minimum Gasteiger partial charge on any atom is -0.444 e. The van der Waals surface area contributed by atoms with Crippen LogP contribution in [-0.4, -0.2) is 69.6 Å². The first-order valence-corrected chi connectivity index (χ1v) is 14.2. The molecule has 3 amide bonds. The number of anilines is 1. The first-order valence-electron chi connectivity index (χ1n) is 12.8. The van der Waals surface area contributed by atoms with Crippen LogP contribution < -0.4 is 4.90 Å². The molecule has 3 heterocycles. The Kier molecular flexibility index (Phi) is 8.28. The second kappa shape index (κ2) is 11.8. The minimum atomic E-state index is -4.51. The molecule has 0 unspecified atom stereocenters. The quantitative estimate of drug-likeness (QED) is 0.339. The number of fused-ring (bicyclic) bond motifs is 1. The fraction of sp³-hybridized carbons (Fsp3) is 0.321. The van der Waals surface area contributed by atoms with Gasteiger partial charge < -0.3 is 14.2 Å². The molecular weight excluding hydrogens is 593 g/mol. The molecule has 0 atom stereocenters. The van der Waals surface area contributed by atoms with Crippen molar-refractivity contribution in [3.05, 3.63) is 64.7 Å². The van der Waals surface area contributed by atoms with Crippen molar-refractivity contribution in [2.24, 2.45) is 0 Å². The van der Waals surface area contributed by atoms with Gasteiger partial charge in [0.05, 0.1) is 16.7 Å². The number of alkyl halides is 3. The van der Waals surface area contributed by atoms with Crippen molar-refractivity contribution in [2.75, 3.05) is 37.3 Å². The van der Waals surface area contributed by atoms with Crippen molar-refractivity contribution in [2.45, 2.75) is 26.1 Å². The van der Waals surface area contributed by atoms with Gasteiger partial charge in [0, 0.05) is 20.1 Å². The average molecular weight is 619 g/mol. The number of carbonyl (C=O) groups excluding carboxylic acids is 3. The maximum Gasteiger partial charge on any atom is 0.416 e. The summed E-state index contributed by atoms with van der Waals surface area (Å²) < 4.78 is 50.6. The lowest BCUT2D eigenvalue weighted by Crippen LogP contribution is -2.43. The number of nitrogens with zero attached hydrogens (tertiary/aromatic N) is 4. The predicted octanol–water partition coefficient (Wildman–Crippen LogP) is 5.40. The highest BCUT2D eigenvalue weighted by atomic mass is 32.2. The normalized spacial score (nSPS) is 15.8. The van der Waals surface area contributed by atoms with E-state index in [0.29, 0.717) is 40.4 Å². The van der Waals surface area contributed by atoms with E-state index in [-0.39, 0.29) is 42.1 Å². The van der Waals surface area contributed by atoms with Crippen LogP contribution in [0.2, 0.25) is 0 Å². The highest BCUT2D eigenvalue weighted by Gasteiger charge is 2.32. The zero-order valence-corrected chi connectivity index (χ0v) is 24.2. The monoisotopic (exact) mass is 618 g/mol. The van der Waals surface area contributed by atoms with E-state index >= 15 is 0 Å². The Morgan fingerprint density at radius 1 is 1.21 bits per heavy atom. The summed E-state index contributed by atoms with van der Waals surface area (Å²) in [6, 6.07) is 8.90. The fourth-order valence-corrected chi connectivity index (χ4v) is 5.80. The van der Waals surface area contributed by atoms with Crippen molar-refractivity contribution in [1.82, 2.24) is 15.0 Å². The number of thiocarbonyl (C=S) groups is 1. The van der Waals surface area contributed by atoms with Gasteiger partial charge in [-0.15, -0.1) is 0 Å². The van der Waals surface area contributed by atoms with Gasteiger partial charge in [-0.05, 0) is 54.3 Å². The second-order valence-corrected chi connectivity index (χ2v) is 11.5. The van der Waals surface area contributed by atoms with Gasteiger partial charge in [-0.2, -0.15) is 13.2 Å². The van der Waals surface area contributed by atoms with Gasteiger partial charge in [0.15, 0.2) is 11.4 Å². The molecule has 0 saturated carbocycles. The molecule has 1 fully saturated rings. The first-order chi connectivity index (χ1) is 19.9. The van der Waals surface area contributed by atoms with Gasteiger partial charge in [0.1, 0.15) is 17.5 Å². The number of ether oxygens (including phenoxy) is 1. The molecule has 0 bridgehead atoms. The largest absolute Gasteiger partial charge is 0.444 e. The molecule has 1 saturated heterocycles. The number of halogens is 3. The highest BCUT2D eigenvalue weighted by Crippen LogP contribution is 2.33. The van der Waals surface area contributed by atoms with Crippen LogP contribution in [0, 0.1) is 6.92 Å². The van der Waals surface area contributed by atoms with Crippen LogP contribution >= 0.6 is 24.0 Å². The smallest absolute Gasteiger partial charge is 0.416 e. The molecule has 0 spiro atoms. The van der Waals surface area contributed by atoms with Crippen LogP contribution in [0.5, 0.6) is 0 Å². The molecule has 220 valence electrons. The van der Waals surface area contributed by atoms with E-state index in [1.807, 2.05) is 18.2 Å². The molecule has 2 aliphatic heterocycles. The number of amides is 3. The molecule has 14 heteroatoms. The summed E-state index contributed by atoms with van der Waals surface area (Å²) in [5.41, 5.74) is 2.06. The van der Waals surface area contributed by atoms with Crippen LogP contribution in [0.3, 0.4) is 0 Å². The van der Waals surface area contributed by atoms with E-state index in [2.05, 4.69) is 5.16 Å². The summed E-state index contributed by atoms with van der Waals surface area (Å²) >= 11 is 6.41. The fourth-order valence-electron chi connectivity index (χ4n) is 4.73. The summed E-state index contributed by atoms with van der Waals surface area (Å²) in [6.07, 6.45) is -2.82. The molecule has 1 aromatic heterocycles. The third-order valence-corrected chi connectivity index (χ3v) is 8.37. The van der Waals surface area contributed by atoms with Crippen molar-refractivity contribution in [3.8, 4) is 0 Å². The third-order valence-electron chi connectivity index (χ3n) is 6.94. The Labute approximate surface area is 248 Å². The van der Waals surface area contributed by atoms with E-state index in [4.69, 9.17) is 21.5 Å². The first kappa shape index (κ1) is 29.6. The zero-order chi connectivity index (χ0) is 30.2. The number of rotatable bonds is 6. The lowest BCUT2D eigenvalue weighted by Gasteiger charge is -2.28. The van der Waals surface area contributed by atoms with Crippen LogP contribution in [-0.2, 0) is 27.1 Å². The van der Waals surface area contributed by atoms with Crippen molar-refractivity contribution in [1.29, 1.82) is 0 Å². The third kappa shape index (κ3) is 6.28. The number of benzene rings is 2. The molecule has 0 N–H and O–H groups in total. The topological polar surface area (TPSA) is 96.2 Å². The van der Waals surface area contributed by atoms with E-state index in [9.17, 15) is 27.6 Å². The molecule has 0 aliphatic carbocycles. The van der Waals surface area contributed by atoms with Gasteiger partial charge >= 0.3 is 12.3 Å². The molecule has 42 heavy (non-hydrogen) atoms. The van der Waals surface area contributed by atoms with Gasteiger partial charge in [-0.1, -0.05) is 52.9 Å². The summed E-state index contributed by atoms with van der Waals surface area (Å²) in [5, 5.41) is 4.54. The average Bonchev–Trinajstić information content (AvgIpc) is 3.52. The second-order valence-electron chi connectivity index (χ2n) is 9.89. The number of aryl methyl sites for hydroxylation is 1. The van der Waals surface area contributed by atoms with Gasteiger partial charge in [0.25, 0.3) is 0 Å². The van der Waals surface area contributed by atoms with E-state index in [1.165, 1.54) is 36.7 Å². The van der Waals surface area contributed by atoms with Crippen LogP contribution in [0.25, 0.3) is 16.5 Å². The molecule has 5 rings (SSSR count). The van der Waals surface area contributed by atoms with Crippen LogP contribution in [0.1, 0.15) is 28.7 Å². The van der Waals surface area contributed by atoms with Crippen molar-refractivity contribution >= 4 is 68.6 Å². The van der Waals surface area contributed by atoms with Crippen molar-refractivity contribution in [3.63, 3.8) is 0 Å². The van der Waals surface area contributed by atoms with Gasteiger partial charge in [-0.25, -0.2) is 4.79 Å². The summed E-state index contributed by atoms with van der Waals surface area (Å²) in [4.78, 5) is 41.6. The lowest BCUT2D eigenvalue weighted by atomic mass is 9.98.